The predicted molar refractivity (Wildman–Crippen MR) is 72.1 cm³/mol. The van der Waals surface area contributed by atoms with Crippen molar-refractivity contribution in [2.24, 2.45) is 0 Å². The molecule has 0 saturated carbocycles. The van der Waals surface area contributed by atoms with Gasteiger partial charge in [-0.2, -0.15) is 5.26 Å². The molecule has 2 aromatic rings. The van der Waals surface area contributed by atoms with Crippen molar-refractivity contribution < 1.29 is 4.74 Å². The van der Waals surface area contributed by atoms with Gasteiger partial charge in [0, 0.05) is 6.20 Å². The molecule has 19 heavy (non-hydrogen) atoms. The fraction of sp³-hybridized carbons (Fsp3) is 0.250. The second kappa shape index (κ2) is 5.11. The Bertz CT molecular complexity index is 643. The number of ether oxygens (including phenoxy) is 1. The zero-order valence-corrected chi connectivity index (χ0v) is 10.6. The number of hydrogen-bond acceptors (Lipinski definition) is 3. The van der Waals surface area contributed by atoms with Gasteiger partial charge in [-0.25, -0.2) is 0 Å². The van der Waals surface area contributed by atoms with E-state index in [-0.39, 0.29) is 0 Å². The van der Waals surface area contributed by atoms with Crippen molar-refractivity contribution in [3.63, 3.8) is 0 Å². The van der Waals surface area contributed by atoms with Crippen molar-refractivity contribution in [1.82, 2.24) is 4.98 Å². The van der Waals surface area contributed by atoms with Crippen molar-refractivity contribution in [1.29, 1.82) is 5.26 Å². The lowest BCUT2D eigenvalue weighted by atomic mass is 9.92. The summed E-state index contributed by atoms with van der Waals surface area (Å²) in [6, 6.07) is 9.96. The fourth-order valence-corrected chi connectivity index (χ4v) is 2.45. The second-order valence-electron chi connectivity index (χ2n) is 4.72. The summed E-state index contributed by atoms with van der Waals surface area (Å²) < 4.78 is 5.78. The summed E-state index contributed by atoms with van der Waals surface area (Å²) in [5, 5.41) is 9.03. The number of nitriles is 1. The first-order valence-electron chi connectivity index (χ1n) is 6.50. The van der Waals surface area contributed by atoms with Gasteiger partial charge in [-0.3, -0.25) is 4.98 Å². The standard InChI is InChI=1S/C16H14N2O/c17-10-14-7-8-18-11-16(14)19-15-6-5-12-3-1-2-4-13(12)9-15/h5-9,11H,1-4H2. The lowest BCUT2D eigenvalue weighted by Gasteiger charge is -2.16. The molecule has 0 amide bonds. The molecule has 0 radical (unpaired) electrons. The number of hydrogen-bond donors (Lipinski definition) is 0. The average Bonchev–Trinajstić information content (AvgIpc) is 2.48. The van der Waals surface area contributed by atoms with E-state index in [9.17, 15) is 0 Å². The van der Waals surface area contributed by atoms with E-state index in [1.54, 1.807) is 18.5 Å². The first kappa shape index (κ1) is 11.7. The Kier molecular flexibility index (Phi) is 3.16. The molecule has 1 aromatic carbocycles. The molecule has 3 nitrogen and oxygen atoms in total. The summed E-state index contributed by atoms with van der Waals surface area (Å²) in [6.45, 7) is 0. The van der Waals surface area contributed by atoms with E-state index >= 15 is 0 Å². The molecular weight excluding hydrogens is 236 g/mol. The van der Waals surface area contributed by atoms with Gasteiger partial charge in [0.2, 0.25) is 0 Å². The molecule has 0 fully saturated rings. The smallest absolute Gasteiger partial charge is 0.163 e. The number of pyridine rings is 1. The molecule has 1 aliphatic rings. The molecule has 1 aromatic heterocycles. The number of benzene rings is 1. The minimum Gasteiger partial charge on any atom is -0.454 e. The van der Waals surface area contributed by atoms with Gasteiger partial charge in [-0.05, 0) is 55.0 Å². The van der Waals surface area contributed by atoms with E-state index in [0.717, 1.165) is 18.6 Å². The van der Waals surface area contributed by atoms with Crippen LogP contribution in [-0.4, -0.2) is 4.98 Å². The summed E-state index contributed by atoms with van der Waals surface area (Å²) in [7, 11) is 0. The third-order valence-electron chi connectivity index (χ3n) is 3.45. The van der Waals surface area contributed by atoms with E-state index in [1.165, 1.54) is 24.0 Å². The van der Waals surface area contributed by atoms with Crippen LogP contribution in [0.2, 0.25) is 0 Å². The van der Waals surface area contributed by atoms with Crippen LogP contribution in [-0.2, 0) is 12.8 Å². The normalized spacial score (nSPS) is 13.4. The van der Waals surface area contributed by atoms with E-state index < -0.39 is 0 Å². The van der Waals surface area contributed by atoms with E-state index in [0.29, 0.717) is 11.3 Å². The molecule has 3 rings (SSSR count). The maximum Gasteiger partial charge on any atom is 0.163 e. The highest BCUT2D eigenvalue weighted by molar-refractivity contribution is 5.45. The molecule has 0 aliphatic heterocycles. The Hall–Kier alpha value is -2.34. The molecule has 0 unspecified atom stereocenters. The average molecular weight is 250 g/mol. The van der Waals surface area contributed by atoms with Gasteiger partial charge in [0.25, 0.3) is 0 Å². The van der Waals surface area contributed by atoms with Crippen LogP contribution < -0.4 is 4.74 Å². The van der Waals surface area contributed by atoms with Crippen LogP contribution in [0.1, 0.15) is 29.5 Å². The van der Waals surface area contributed by atoms with Gasteiger partial charge in [-0.1, -0.05) is 6.07 Å². The summed E-state index contributed by atoms with van der Waals surface area (Å²) in [4.78, 5) is 4.00. The Morgan fingerprint density at radius 2 is 1.95 bits per heavy atom. The van der Waals surface area contributed by atoms with Crippen molar-refractivity contribution in [3.8, 4) is 17.6 Å². The van der Waals surface area contributed by atoms with E-state index in [4.69, 9.17) is 10.00 Å². The maximum atomic E-state index is 9.03. The Labute approximate surface area is 112 Å². The lowest BCUT2D eigenvalue weighted by Crippen LogP contribution is -2.02. The van der Waals surface area contributed by atoms with Gasteiger partial charge >= 0.3 is 0 Å². The molecule has 94 valence electrons. The Morgan fingerprint density at radius 1 is 1.11 bits per heavy atom. The van der Waals surface area contributed by atoms with Crippen molar-refractivity contribution in [2.75, 3.05) is 0 Å². The van der Waals surface area contributed by atoms with Crippen LogP contribution in [0.5, 0.6) is 11.5 Å². The number of fused-ring (bicyclic) bond motifs is 1. The van der Waals surface area contributed by atoms with Crippen molar-refractivity contribution in [2.45, 2.75) is 25.7 Å². The molecule has 0 spiro atoms. The number of aryl methyl sites for hydroxylation is 2. The molecular formula is C16H14N2O. The van der Waals surface area contributed by atoms with E-state index in [2.05, 4.69) is 23.2 Å². The summed E-state index contributed by atoms with van der Waals surface area (Å²) in [6.07, 6.45) is 7.97. The minimum absolute atomic E-state index is 0.507. The van der Waals surface area contributed by atoms with E-state index in [1.807, 2.05) is 6.07 Å². The fourth-order valence-electron chi connectivity index (χ4n) is 2.45. The zero-order valence-electron chi connectivity index (χ0n) is 10.6. The Morgan fingerprint density at radius 3 is 2.79 bits per heavy atom. The topological polar surface area (TPSA) is 45.9 Å². The SMILES string of the molecule is N#Cc1ccncc1Oc1ccc2c(c1)CCCC2. The number of rotatable bonds is 2. The van der Waals surface area contributed by atoms with Crippen LogP contribution in [0, 0.1) is 11.3 Å². The largest absolute Gasteiger partial charge is 0.454 e. The minimum atomic E-state index is 0.507. The Balaban J connectivity index is 1.89. The first-order chi connectivity index (χ1) is 9.36. The molecule has 1 heterocycles. The summed E-state index contributed by atoms with van der Waals surface area (Å²) in [5.41, 5.74) is 3.30. The first-order valence-corrected chi connectivity index (χ1v) is 6.50. The van der Waals surface area contributed by atoms with Crippen LogP contribution in [0.15, 0.2) is 36.7 Å². The molecule has 3 heteroatoms. The summed E-state index contributed by atoms with van der Waals surface area (Å²) >= 11 is 0. The van der Waals surface area contributed by atoms with Gasteiger partial charge in [0.05, 0.1) is 11.8 Å². The van der Waals surface area contributed by atoms with Gasteiger partial charge < -0.3 is 4.74 Å². The highest BCUT2D eigenvalue weighted by Crippen LogP contribution is 2.29. The van der Waals surface area contributed by atoms with Crippen molar-refractivity contribution in [3.05, 3.63) is 53.3 Å². The number of aromatic nitrogens is 1. The van der Waals surface area contributed by atoms with Gasteiger partial charge in [0.15, 0.2) is 5.75 Å². The molecule has 0 saturated heterocycles. The molecule has 1 aliphatic carbocycles. The molecule has 0 bridgehead atoms. The zero-order chi connectivity index (χ0) is 13.1. The lowest BCUT2D eigenvalue weighted by molar-refractivity contribution is 0.477. The third-order valence-corrected chi connectivity index (χ3v) is 3.45. The quantitative estimate of drug-likeness (QED) is 0.817. The highest BCUT2D eigenvalue weighted by atomic mass is 16.5. The van der Waals surface area contributed by atoms with Crippen LogP contribution in [0.3, 0.4) is 0 Å². The van der Waals surface area contributed by atoms with Crippen LogP contribution in [0.25, 0.3) is 0 Å². The highest BCUT2D eigenvalue weighted by Gasteiger charge is 2.11. The maximum absolute atomic E-state index is 9.03. The second-order valence-corrected chi connectivity index (χ2v) is 4.72. The predicted octanol–water partition coefficient (Wildman–Crippen LogP) is 3.62. The third kappa shape index (κ3) is 2.43. The summed E-state index contributed by atoms with van der Waals surface area (Å²) in [5.74, 6) is 1.30. The van der Waals surface area contributed by atoms with Gasteiger partial charge in [0.1, 0.15) is 11.8 Å². The molecule has 0 N–H and O–H groups in total. The van der Waals surface area contributed by atoms with Crippen LogP contribution >= 0.6 is 0 Å². The van der Waals surface area contributed by atoms with Gasteiger partial charge in [-0.15, -0.1) is 0 Å². The number of nitrogens with zero attached hydrogens (tertiary/aromatic N) is 2. The monoisotopic (exact) mass is 250 g/mol. The van der Waals surface area contributed by atoms with Crippen LogP contribution in [0.4, 0.5) is 0 Å². The van der Waals surface area contributed by atoms with Crippen molar-refractivity contribution >= 4 is 0 Å². The molecule has 0 atom stereocenters.